The molecule has 0 aromatic heterocycles. The maximum absolute atomic E-state index is 10.4. The summed E-state index contributed by atoms with van der Waals surface area (Å²) in [6, 6.07) is 0. The molecule has 0 aliphatic rings. The Hall–Kier alpha value is -0.260. The lowest BCUT2D eigenvalue weighted by molar-refractivity contribution is -0.136. The maximum Gasteiger partial charge on any atom is 0.316 e. The summed E-state index contributed by atoms with van der Waals surface area (Å²) in [5, 5.41) is 8.19. The molecule has 0 radical (unpaired) electrons. The van der Waals surface area contributed by atoms with Crippen LogP contribution in [-0.2, 0) is 14.3 Å². The van der Waals surface area contributed by atoms with Crippen LogP contribution in [0.15, 0.2) is 0 Å². The van der Waals surface area contributed by atoms with Crippen LogP contribution in [0, 0.1) is 0 Å². The maximum atomic E-state index is 10.4. The van der Waals surface area contributed by atoms with Gasteiger partial charge in [-0.05, 0) is 6.92 Å². The van der Waals surface area contributed by atoms with Gasteiger partial charge < -0.3 is 14.6 Å². The Morgan fingerprint density at radius 2 is 2.15 bits per heavy atom. The van der Waals surface area contributed by atoms with Crippen LogP contribution in [0.2, 0.25) is 0 Å². The molecule has 0 saturated heterocycles. The number of carbonyl (C=O) groups is 1. The summed E-state index contributed by atoms with van der Waals surface area (Å²) in [5.74, 6) is -0.0705. The van der Waals surface area contributed by atoms with E-state index in [4.69, 9.17) is 14.6 Å². The van der Waals surface area contributed by atoms with Gasteiger partial charge >= 0.3 is 5.97 Å². The van der Waals surface area contributed by atoms with Gasteiger partial charge in [-0.1, -0.05) is 0 Å². The number of aliphatic carboxylic acids is 1. The molecule has 1 atom stereocenters. The second-order valence-corrected chi connectivity index (χ2v) is 3.91. The van der Waals surface area contributed by atoms with Crippen molar-refractivity contribution in [1.29, 1.82) is 0 Å². The van der Waals surface area contributed by atoms with Gasteiger partial charge in [0, 0.05) is 12.9 Å². The van der Waals surface area contributed by atoms with Gasteiger partial charge in [0.15, 0.2) is 0 Å². The fourth-order valence-electron chi connectivity index (χ4n) is 0.599. The zero-order valence-electron chi connectivity index (χ0n) is 7.99. The van der Waals surface area contributed by atoms with Gasteiger partial charge in [0.25, 0.3) is 0 Å². The summed E-state index contributed by atoms with van der Waals surface area (Å²) in [5.41, 5.74) is 0. The summed E-state index contributed by atoms with van der Waals surface area (Å²) < 4.78 is 9.95. The molecule has 0 aliphatic heterocycles. The third-order valence-electron chi connectivity index (χ3n) is 1.38. The average Bonchev–Trinajstić information content (AvgIpc) is 2.10. The molecule has 0 aromatic carbocycles. The normalized spacial score (nSPS) is 12.8. The quantitative estimate of drug-likeness (QED) is 0.599. The van der Waals surface area contributed by atoms with Crippen LogP contribution in [-0.4, -0.2) is 49.0 Å². The van der Waals surface area contributed by atoms with Crippen molar-refractivity contribution in [2.75, 3.05) is 32.7 Å². The van der Waals surface area contributed by atoms with Crippen LogP contribution < -0.4 is 0 Å². The Bertz CT molecular complexity index is 140. The minimum absolute atomic E-state index is 0.356. The lowest BCUT2D eigenvalue weighted by Crippen LogP contribution is -2.14. The largest absolute Gasteiger partial charge is 0.480 e. The predicted octanol–water partition coefficient (Wildman–Crippen LogP) is 0.856. The van der Waals surface area contributed by atoms with E-state index in [1.165, 1.54) is 11.8 Å². The first-order valence-corrected chi connectivity index (χ1v) is 5.14. The first-order valence-electron chi connectivity index (χ1n) is 4.09. The summed E-state index contributed by atoms with van der Waals surface area (Å²) >= 11 is 1.38. The number of hydrogen-bond acceptors (Lipinski definition) is 4. The zero-order valence-corrected chi connectivity index (χ0v) is 8.80. The van der Waals surface area contributed by atoms with Crippen LogP contribution >= 0.6 is 11.8 Å². The van der Waals surface area contributed by atoms with E-state index in [0.717, 1.165) is 0 Å². The summed E-state index contributed by atoms with van der Waals surface area (Å²) in [7, 11) is 1.62. The molecule has 1 N–H and O–H groups in total. The molecule has 0 saturated carbocycles. The van der Waals surface area contributed by atoms with Crippen LogP contribution in [0.5, 0.6) is 0 Å². The lowest BCUT2D eigenvalue weighted by Gasteiger charge is -2.06. The number of carboxylic acids is 1. The third kappa shape index (κ3) is 8.08. The average molecular weight is 208 g/mol. The van der Waals surface area contributed by atoms with Gasteiger partial charge in [-0.2, -0.15) is 0 Å². The van der Waals surface area contributed by atoms with E-state index in [1.54, 1.807) is 14.0 Å². The van der Waals surface area contributed by atoms with Gasteiger partial charge in [-0.15, -0.1) is 11.8 Å². The molecular formula is C8H16O4S. The van der Waals surface area contributed by atoms with Crippen molar-refractivity contribution in [1.82, 2.24) is 0 Å². The molecule has 5 heteroatoms. The molecule has 0 fully saturated rings. The molecule has 0 heterocycles. The summed E-state index contributed by atoms with van der Waals surface area (Å²) in [6.45, 7) is 3.39. The van der Waals surface area contributed by atoms with E-state index in [2.05, 4.69) is 0 Å². The highest BCUT2D eigenvalue weighted by Gasteiger charge is 2.09. The molecule has 0 rings (SSSR count). The van der Waals surface area contributed by atoms with Crippen molar-refractivity contribution in [3.05, 3.63) is 0 Å². The SMILES string of the molecule is COCCOCCSC(C)C(=O)O. The molecule has 0 spiro atoms. The number of carboxylic acid groups (broad SMARTS) is 1. The van der Waals surface area contributed by atoms with Gasteiger partial charge in [0.05, 0.1) is 25.1 Å². The molecule has 1 unspecified atom stereocenters. The predicted molar refractivity (Wildman–Crippen MR) is 52.3 cm³/mol. The van der Waals surface area contributed by atoms with Crippen molar-refractivity contribution >= 4 is 17.7 Å². The molecule has 0 bridgehead atoms. The highest BCUT2D eigenvalue weighted by atomic mass is 32.2. The first kappa shape index (κ1) is 12.7. The van der Waals surface area contributed by atoms with Crippen LogP contribution in [0.3, 0.4) is 0 Å². The number of thioether (sulfide) groups is 1. The van der Waals surface area contributed by atoms with E-state index >= 15 is 0 Å². The van der Waals surface area contributed by atoms with E-state index in [-0.39, 0.29) is 5.25 Å². The Morgan fingerprint density at radius 1 is 1.46 bits per heavy atom. The smallest absolute Gasteiger partial charge is 0.316 e. The minimum Gasteiger partial charge on any atom is -0.480 e. The Morgan fingerprint density at radius 3 is 2.69 bits per heavy atom. The van der Waals surface area contributed by atoms with E-state index in [0.29, 0.717) is 25.6 Å². The van der Waals surface area contributed by atoms with Crippen molar-refractivity contribution in [3.63, 3.8) is 0 Å². The second-order valence-electron chi connectivity index (χ2n) is 2.46. The monoisotopic (exact) mass is 208 g/mol. The lowest BCUT2D eigenvalue weighted by atomic mass is 10.5. The van der Waals surface area contributed by atoms with E-state index in [9.17, 15) is 4.79 Å². The van der Waals surface area contributed by atoms with Crippen molar-refractivity contribution < 1.29 is 19.4 Å². The van der Waals surface area contributed by atoms with E-state index in [1.807, 2.05) is 0 Å². The number of hydrogen-bond donors (Lipinski definition) is 1. The van der Waals surface area contributed by atoms with Gasteiger partial charge in [0.2, 0.25) is 0 Å². The second kappa shape index (κ2) is 8.34. The van der Waals surface area contributed by atoms with Crippen LogP contribution in [0.4, 0.5) is 0 Å². The fourth-order valence-corrected chi connectivity index (χ4v) is 1.31. The summed E-state index contributed by atoms with van der Waals surface area (Å²) in [4.78, 5) is 10.4. The Labute approximate surface area is 82.6 Å². The van der Waals surface area contributed by atoms with Gasteiger partial charge in [0.1, 0.15) is 0 Å². The van der Waals surface area contributed by atoms with Crippen LogP contribution in [0.25, 0.3) is 0 Å². The highest BCUT2D eigenvalue weighted by molar-refractivity contribution is 8.00. The number of ether oxygens (including phenoxy) is 2. The molecule has 78 valence electrons. The van der Waals surface area contributed by atoms with E-state index < -0.39 is 5.97 Å². The molecule has 0 amide bonds. The van der Waals surface area contributed by atoms with Crippen LogP contribution in [0.1, 0.15) is 6.92 Å². The fraction of sp³-hybridized carbons (Fsp3) is 0.875. The molecule has 13 heavy (non-hydrogen) atoms. The van der Waals surface area contributed by atoms with Crippen molar-refractivity contribution in [2.24, 2.45) is 0 Å². The molecule has 4 nitrogen and oxygen atoms in total. The van der Waals surface area contributed by atoms with Crippen molar-refractivity contribution in [2.45, 2.75) is 12.2 Å². The topological polar surface area (TPSA) is 55.8 Å². The molecule has 0 aliphatic carbocycles. The summed E-state index contributed by atoms with van der Waals surface area (Å²) in [6.07, 6.45) is 0. The minimum atomic E-state index is -0.776. The third-order valence-corrected chi connectivity index (χ3v) is 2.48. The van der Waals surface area contributed by atoms with Crippen molar-refractivity contribution in [3.8, 4) is 0 Å². The number of rotatable bonds is 8. The Balaban J connectivity index is 3.11. The highest BCUT2D eigenvalue weighted by Crippen LogP contribution is 2.09. The zero-order chi connectivity index (χ0) is 10.1. The standard InChI is InChI=1S/C8H16O4S/c1-7(8(9)10)13-6-5-12-4-3-11-2/h7H,3-6H2,1-2H3,(H,9,10). The first-order chi connectivity index (χ1) is 6.18. The number of methoxy groups -OCH3 is 1. The van der Waals surface area contributed by atoms with Gasteiger partial charge in [-0.25, -0.2) is 0 Å². The van der Waals surface area contributed by atoms with Gasteiger partial charge in [-0.3, -0.25) is 4.79 Å². The molecule has 0 aromatic rings. The Kier molecular flexibility index (Phi) is 8.18. The molecular weight excluding hydrogens is 192 g/mol.